The first kappa shape index (κ1) is 16.1. The van der Waals surface area contributed by atoms with Crippen molar-refractivity contribution >= 4 is 11.7 Å². The maximum Gasteiger partial charge on any atom is 0.234 e. The lowest BCUT2D eigenvalue weighted by Gasteiger charge is -2.32. The van der Waals surface area contributed by atoms with Crippen molar-refractivity contribution in [3.05, 3.63) is 0 Å². The maximum absolute atomic E-state index is 12.9. The van der Waals surface area contributed by atoms with Gasteiger partial charge in [0.2, 0.25) is 5.91 Å². The first-order valence-electron chi connectivity index (χ1n) is 8.30. The summed E-state index contributed by atoms with van der Waals surface area (Å²) in [5.41, 5.74) is 5.12. The lowest BCUT2D eigenvalue weighted by Crippen LogP contribution is -2.52. The standard InChI is InChI=1S/C16H29N3O2/c1-11-7-8-13(12(11)2)18-15(20)16(14(17)19-21)9-5-3-4-6-10-16/h11-13,21H,3-10H2,1-2H3,(H2,17,19)(H,18,20). The largest absolute Gasteiger partial charge is 0.409 e. The van der Waals surface area contributed by atoms with Gasteiger partial charge in [-0.3, -0.25) is 4.79 Å². The quantitative estimate of drug-likeness (QED) is 0.246. The Hall–Kier alpha value is -1.26. The van der Waals surface area contributed by atoms with Crippen LogP contribution in [-0.2, 0) is 4.79 Å². The van der Waals surface area contributed by atoms with Crippen LogP contribution >= 0.6 is 0 Å². The number of carbonyl (C=O) groups excluding carboxylic acids is 1. The van der Waals surface area contributed by atoms with Crippen molar-refractivity contribution in [2.45, 2.75) is 71.3 Å². The van der Waals surface area contributed by atoms with E-state index in [0.29, 0.717) is 24.7 Å². The fourth-order valence-corrected chi connectivity index (χ4v) is 3.90. The van der Waals surface area contributed by atoms with Gasteiger partial charge < -0.3 is 16.3 Å². The van der Waals surface area contributed by atoms with E-state index in [4.69, 9.17) is 10.9 Å². The zero-order valence-corrected chi connectivity index (χ0v) is 13.3. The number of nitrogens with zero attached hydrogens (tertiary/aromatic N) is 1. The zero-order chi connectivity index (χ0) is 15.5. The van der Waals surface area contributed by atoms with Crippen molar-refractivity contribution in [1.29, 1.82) is 0 Å². The summed E-state index contributed by atoms with van der Waals surface area (Å²) >= 11 is 0. The minimum Gasteiger partial charge on any atom is -0.409 e. The second kappa shape index (κ2) is 6.67. The topological polar surface area (TPSA) is 87.7 Å². The van der Waals surface area contributed by atoms with Gasteiger partial charge in [-0.05, 0) is 37.5 Å². The molecule has 0 heterocycles. The highest BCUT2D eigenvalue weighted by molar-refractivity contribution is 6.06. The van der Waals surface area contributed by atoms with Gasteiger partial charge >= 0.3 is 0 Å². The number of rotatable bonds is 3. The monoisotopic (exact) mass is 295 g/mol. The number of amides is 1. The van der Waals surface area contributed by atoms with E-state index in [1.54, 1.807) is 0 Å². The SMILES string of the molecule is CC1CCC(NC(=O)C2(C(N)=NO)CCCCCC2)C1C. The van der Waals surface area contributed by atoms with E-state index in [2.05, 4.69) is 24.3 Å². The summed E-state index contributed by atoms with van der Waals surface area (Å²) in [7, 11) is 0. The molecule has 1 amide bonds. The highest BCUT2D eigenvalue weighted by Crippen LogP contribution is 2.37. The number of hydrogen-bond donors (Lipinski definition) is 3. The molecule has 0 saturated heterocycles. The molecule has 120 valence electrons. The minimum atomic E-state index is -0.809. The van der Waals surface area contributed by atoms with Gasteiger partial charge in [0.15, 0.2) is 5.84 Å². The van der Waals surface area contributed by atoms with Crippen LogP contribution in [0.15, 0.2) is 5.16 Å². The molecule has 0 aromatic heterocycles. The summed E-state index contributed by atoms with van der Waals surface area (Å²) in [6.45, 7) is 4.44. The van der Waals surface area contributed by atoms with Crippen LogP contribution in [0.5, 0.6) is 0 Å². The summed E-state index contributed by atoms with van der Waals surface area (Å²) < 4.78 is 0. The Morgan fingerprint density at radius 3 is 2.29 bits per heavy atom. The Morgan fingerprint density at radius 2 is 1.81 bits per heavy atom. The number of nitrogens with one attached hydrogen (secondary N) is 1. The number of amidine groups is 1. The van der Waals surface area contributed by atoms with Crippen molar-refractivity contribution in [2.24, 2.45) is 28.1 Å². The third-order valence-electron chi connectivity index (χ3n) is 5.77. The fraction of sp³-hybridized carbons (Fsp3) is 0.875. The normalized spacial score (nSPS) is 33.4. The average molecular weight is 295 g/mol. The van der Waals surface area contributed by atoms with Gasteiger partial charge in [0, 0.05) is 6.04 Å². The summed E-state index contributed by atoms with van der Waals surface area (Å²) in [4.78, 5) is 12.9. The van der Waals surface area contributed by atoms with E-state index in [9.17, 15) is 4.79 Å². The predicted molar refractivity (Wildman–Crippen MR) is 83.0 cm³/mol. The smallest absolute Gasteiger partial charge is 0.234 e. The van der Waals surface area contributed by atoms with Crippen LogP contribution in [0, 0.1) is 17.3 Å². The van der Waals surface area contributed by atoms with E-state index in [0.717, 1.165) is 38.5 Å². The molecule has 3 atom stereocenters. The molecule has 21 heavy (non-hydrogen) atoms. The highest BCUT2D eigenvalue weighted by atomic mass is 16.4. The average Bonchev–Trinajstić information content (AvgIpc) is 2.73. The number of hydrogen-bond acceptors (Lipinski definition) is 3. The Bertz CT molecular complexity index is 400. The van der Waals surface area contributed by atoms with Gasteiger partial charge in [-0.25, -0.2) is 0 Å². The molecule has 0 aromatic rings. The first-order valence-corrected chi connectivity index (χ1v) is 8.30. The van der Waals surface area contributed by atoms with E-state index in [-0.39, 0.29) is 17.8 Å². The summed E-state index contributed by atoms with van der Waals surface area (Å²) in [6.07, 6.45) is 7.70. The molecular weight excluding hydrogens is 266 g/mol. The van der Waals surface area contributed by atoms with Crippen LogP contribution in [0.25, 0.3) is 0 Å². The predicted octanol–water partition coefficient (Wildman–Crippen LogP) is 2.62. The molecule has 2 aliphatic rings. The van der Waals surface area contributed by atoms with E-state index in [1.807, 2.05) is 0 Å². The van der Waals surface area contributed by atoms with Gasteiger partial charge in [-0.1, -0.05) is 44.7 Å². The van der Waals surface area contributed by atoms with E-state index in [1.165, 1.54) is 0 Å². The second-order valence-corrected chi connectivity index (χ2v) is 6.98. The summed E-state index contributed by atoms with van der Waals surface area (Å²) in [5, 5.41) is 15.5. The molecule has 0 radical (unpaired) electrons. The summed E-state index contributed by atoms with van der Waals surface area (Å²) in [5.74, 6) is 1.18. The van der Waals surface area contributed by atoms with Gasteiger partial charge in [0.05, 0.1) is 0 Å². The Morgan fingerprint density at radius 1 is 1.19 bits per heavy atom. The van der Waals surface area contributed by atoms with Crippen LogP contribution in [-0.4, -0.2) is 23.0 Å². The first-order chi connectivity index (χ1) is 10.0. The third-order valence-corrected chi connectivity index (χ3v) is 5.77. The molecular formula is C16H29N3O2. The van der Waals surface area contributed by atoms with Crippen molar-refractivity contribution in [3.8, 4) is 0 Å². The van der Waals surface area contributed by atoms with Crippen LogP contribution < -0.4 is 11.1 Å². The van der Waals surface area contributed by atoms with Crippen molar-refractivity contribution in [2.75, 3.05) is 0 Å². The van der Waals surface area contributed by atoms with Crippen molar-refractivity contribution in [1.82, 2.24) is 5.32 Å². The van der Waals surface area contributed by atoms with Crippen LogP contribution in [0.2, 0.25) is 0 Å². The molecule has 0 spiro atoms. The lowest BCUT2D eigenvalue weighted by molar-refractivity contribution is -0.129. The Kier molecular flexibility index (Phi) is 5.12. The van der Waals surface area contributed by atoms with Crippen molar-refractivity contribution in [3.63, 3.8) is 0 Å². The van der Waals surface area contributed by atoms with Crippen LogP contribution in [0.1, 0.15) is 65.2 Å². The molecule has 2 fully saturated rings. The van der Waals surface area contributed by atoms with Crippen LogP contribution in [0.4, 0.5) is 0 Å². The number of oxime groups is 1. The summed E-state index contributed by atoms with van der Waals surface area (Å²) in [6, 6.07) is 0.221. The second-order valence-electron chi connectivity index (χ2n) is 6.98. The van der Waals surface area contributed by atoms with Gasteiger partial charge in [0.25, 0.3) is 0 Å². The van der Waals surface area contributed by atoms with E-state index >= 15 is 0 Å². The van der Waals surface area contributed by atoms with Crippen molar-refractivity contribution < 1.29 is 10.0 Å². The number of nitrogens with two attached hydrogens (primary N) is 1. The molecule has 4 N–H and O–H groups in total. The third kappa shape index (κ3) is 3.16. The van der Waals surface area contributed by atoms with Gasteiger partial charge in [-0.2, -0.15) is 0 Å². The van der Waals surface area contributed by atoms with E-state index < -0.39 is 5.41 Å². The molecule has 2 aliphatic carbocycles. The molecule has 0 aromatic carbocycles. The van der Waals surface area contributed by atoms with Crippen LogP contribution in [0.3, 0.4) is 0 Å². The van der Waals surface area contributed by atoms with Gasteiger partial charge in [-0.15, -0.1) is 0 Å². The highest BCUT2D eigenvalue weighted by Gasteiger charge is 2.44. The molecule has 0 bridgehead atoms. The maximum atomic E-state index is 12.9. The number of carbonyl (C=O) groups is 1. The molecule has 3 unspecified atom stereocenters. The lowest BCUT2D eigenvalue weighted by atomic mass is 9.77. The molecule has 5 nitrogen and oxygen atoms in total. The molecule has 2 saturated carbocycles. The molecule has 2 rings (SSSR count). The molecule has 0 aliphatic heterocycles. The van der Waals surface area contributed by atoms with Gasteiger partial charge in [0.1, 0.15) is 5.41 Å². The Labute approximate surface area is 127 Å². The zero-order valence-electron chi connectivity index (χ0n) is 13.3. The molecule has 5 heteroatoms. The minimum absolute atomic E-state index is 0.0364. The Balaban J connectivity index is 2.15. The fourth-order valence-electron chi connectivity index (χ4n) is 3.90.